The van der Waals surface area contributed by atoms with Gasteiger partial charge in [0.25, 0.3) is 5.91 Å². The van der Waals surface area contributed by atoms with Gasteiger partial charge in [-0.05, 0) is 97.5 Å². The normalized spacial score (nSPS) is 16.3. The lowest BCUT2D eigenvalue weighted by molar-refractivity contribution is 0.0947. The number of nitrogens with one attached hydrogen (secondary N) is 1. The number of piperidine rings is 1. The number of carbonyl (C=O) groups is 1. The molecule has 39 heavy (non-hydrogen) atoms. The molecule has 3 aromatic carbocycles. The van der Waals surface area contributed by atoms with Gasteiger partial charge in [0.05, 0.1) is 0 Å². The van der Waals surface area contributed by atoms with Crippen LogP contribution in [-0.2, 0) is 6.42 Å². The van der Waals surface area contributed by atoms with Crippen LogP contribution in [0.3, 0.4) is 0 Å². The van der Waals surface area contributed by atoms with E-state index in [2.05, 4.69) is 35.3 Å². The second-order valence-electron chi connectivity index (χ2n) is 10.2. The summed E-state index contributed by atoms with van der Waals surface area (Å²) >= 11 is 1.62. The molecule has 6 heteroatoms. The van der Waals surface area contributed by atoms with Crippen molar-refractivity contribution in [2.45, 2.75) is 62.8 Å². The number of likely N-dealkylation sites (tertiary alicyclic amines) is 1. The summed E-state index contributed by atoms with van der Waals surface area (Å²) in [6.45, 7) is 5.14. The van der Waals surface area contributed by atoms with E-state index < -0.39 is 0 Å². The minimum atomic E-state index is -0.225. The topological polar surface area (TPSA) is 58.4 Å². The molecule has 0 spiro atoms. The van der Waals surface area contributed by atoms with Gasteiger partial charge in [-0.3, -0.25) is 4.79 Å². The van der Waals surface area contributed by atoms with Crippen molar-refractivity contribution in [3.63, 3.8) is 0 Å². The number of anilines is 1. The van der Waals surface area contributed by atoms with Crippen molar-refractivity contribution >= 4 is 29.4 Å². The molecule has 1 fully saturated rings. The maximum atomic E-state index is 13.3. The van der Waals surface area contributed by atoms with Crippen LogP contribution in [0.1, 0.15) is 66.9 Å². The second kappa shape index (κ2) is 14.9. The number of halogens is 1. The molecule has 206 valence electrons. The Morgan fingerprint density at radius 2 is 1.90 bits per heavy atom. The van der Waals surface area contributed by atoms with Crippen LogP contribution in [0.25, 0.3) is 6.08 Å². The number of carbonyl (C=O) groups excluding carboxylic acids is 1. The highest BCUT2D eigenvalue weighted by atomic mass is 32.2. The van der Waals surface area contributed by atoms with E-state index in [0.717, 1.165) is 46.7 Å². The number of hydrogen-bond donors (Lipinski definition) is 2. The van der Waals surface area contributed by atoms with E-state index in [-0.39, 0.29) is 11.7 Å². The van der Waals surface area contributed by atoms with Crippen molar-refractivity contribution in [2.75, 3.05) is 25.4 Å². The van der Waals surface area contributed by atoms with E-state index in [9.17, 15) is 9.18 Å². The summed E-state index contributed by atoms with van der Waals surface area (Å²) in [5.41, 5.74) is 9.80. The van der Waals surface area contributed by atoms with Crippen molar-refractivity contribution in [3.05, 3.63) is 100 Å². The summed E-state index contributed by atoms with van der Waals surface area (Å²) in [7, 11) is 0. The van der Waals surface area contributed by atoms with Crippen molar-refractivity contribution in [2.24, 2.45) is 0 Å². The van der Waals surface area contributed by atoms with E-state index in [1.165, 1.54) is 44.4 Å². The number of thioether (sulfide) groups is 1. The molecule has 4 nitrogen and oxygen atoms in total. The summed E-state index contributed by atoms with van der Waals surface area (Å²) in [5, 5.41) is 3.07. The smallest absolute Gasteiger partial charge is 0.251 e. The molecule has 1 aliphatic rings. The van der Waals surface area contributed by atoms with Crippen LogP contribution in [0.15, 0.2) is 82.6 Å². The average Bonchev–Trinajstić information content (AvgIpc) is 2.96. The van der Waals surface area contributed by atoms with Crippen molar-refractivity contribution in [1.82, 2.24) is 10.2 Å². The van der Waals surface area contributed by atoms with Crippen molar-refractivity contribution in [1.29, 1.82) is 0 Å². The van der Waals surface area contributed by atoms with Crippen LogP contribution >= 0.6 is 11.8 Å². The van der Waals surface area contributed by atoms with E-state index >= 15 is 0 Å². The zero-order valence-corrected chi connectivity index (χ0v) is 23.7. The first-order valence-electron chi connectivity index (χ1n) is 14.1. The molecule has 3 N–H and O–H groups in total. The maximum absolute atomic E-state index is 13.3. The minimum Gasteiger partial charge on any atom is -0.398 e. The third-order valence-electron chi connectivity index (χ3n) is 7.34. The third-order valence-corrected chi connectivity index (χ3v) is 8.52. The largest absolute Gasteiger partial charge is 0.398 e. The number of benzene rings is 3. The first-order chi connectivity index (χ1) is 19.0. The first-order valence-corrected chi connectivity index (χ1v) is 14.9. The highest BCUT2D eigenvalue weighted by Crippen LogP contribution is 2.35. The second-order valence-corrected chi connectivity index (χ2v) is 11.4. The molecular weight excluding hydrogens is 505 g/mol. The van der Waals surface area contributed by atoms with Gasteiger partial charge in [-0.15, -0.1) is 0 Å². The Kier molecular flexibility index (Phi) is 11.0. The number of nitrogens with zero attached hydrogens (tertiary/aromatic N) is 1. The quantitative estimate of drug-likeness (QED) is 0.140. The lowest BCUT2D eigenvalue weighted by Crippen LogP contribution is -2.40. The van der Waals surface area contributed by atoms with Crippen LogP contribution in [-0.4, -0.2) is 36.5 Å². The maximum Gasteiger partial charge on any atom is 0.251 e. The SMILES string of the molecule is CCC1CCCCN1CCCNC(=O)c1ccc(S/C(=C\c2ccccc2)CCc2ccc(F)cc2)c(N)c1. The van der Waals surface area contributed by atoms with Gasteiger partial charge in [0, 0.05) is 35.3 Å². The van der Waals surface area contributed by atoms with Gasteiger partial charge in [-0.2, -0.15) is 0 Å². The average molecular weight is 546 g/mol. The van der Waals surface area contributed by atoms with Crippen LogP contribution in [0.4, 0.5) is 10.1 Å². The van der Waals surface area contributed by atoms with Gasteiger partial charge in [0.2, 0.25) is 0 Å². The third kappa shape index (κ3) is 8.97. The molecule has 0 saturated carbocycles. The zero-order valence-electron chi connectivity index (χ0n) is 22.9. The van der Waals surface area contributed by atoms with Gasteiger partial charge < -0.3 is 16.0 Å². The zero-order chi connectivity index (χ0) is 27.5. The predicted molar refractivity (Wildman–Crippen MR) is 162 cm³/mol. The summed E-state index contributed by atoms with van der Waals surface area (Å²) < 4.78 is 13.3. The number of aryl methyl sites for hydroxylation is 1. The Morgan fingerprint density at radius 3 is 2.64 bits per heavy atom. The Balaban J connectivity index is 1.35. The standard InChI is InChI=1S/C33H40FN3OS/c1-2-29-11-6-7-21-37(29)22-8-20-36-33(38)27-15-19-32(31(35)24-27)39-30(23-26-9-4-3-5-10-26)18-14-25-12-16-28(34)17-13-25/h3-5,9-10,12-13,15-17,19,23-24,29H,2,6-8,11,14,18,20-22,35H2,1H3,(H,36,38)/b30-23-. The molecule has 0 aliphatic carbocycles. The minimum absolute atomic E-state index is 0.0831. The van der Waals surface area contributed by atoms with Gasteiger partial charge in [-0.25, -0.2) is 4.39 Å². The first kappa shape index (κ1) is 28.9. The van der Waals surface area contributed by atoms with E-state index in [1.54, 1.807) is 17.8 Å². The summed E-state index contributed by atoms with van der Waals surface area (Å²) in [4.78, 5) is 17.5. The molecule has 1 heterocycles. The highest BCUT2D eigenvalue weighted by molar-refractivity contribution is 8.03. The van der Waals surface area contributed by atoms with Crippen LogP contribution in [0.5, 0.6) is 0 Å². The fourth-order valence-corrected chi connectivity index (χ4v) is 6.13. The molecule has 1 saturated heterocycles. The molecule has 1 atom stereocenters. The fourth-order valence-electron chi connectivity index (χ4n) is 5.13. The summed E-state index contributed by atoms with van der Waals surface area (Å²) in [6, 6.07) is 23.1. The Hall–Kier alpha value is -3.09. The number of nitrogen functional groups attached to an aromatic ring is 1. The molecule has 3 aromatic rings. The molecular formula is C33H40FN3OS. The van der Waals surface area contributed by atoms with Gasteiger partial charge in [0.15, 0.2) is 0 Å². The lowest BCUT2D eigenvalue weighted by Gasteiger charge is -2.35. The Labute approximate surface area is 236 Å². The molecule has 1 amide bonds. The molecule has 0 aromatic heterocycles. The van der Waals surface area contributed by atoms with Crippen LogP contribution in [0.2, 0.25) is 0 Å². The van der Waals surface area contributed by atoms with E-state index in [4.69, 9.17) is 5.73 Å². The molecule has 0 radical (unpaired) electrons. The number of allylic oxidation sites excluding steroid dienone is 1. The van der Waals surface area contributed by atoms with Crippen LogP contribution in [0, 0.1) is 5.82 Å². The predicted octanol–water partition coefficient (Wildman–Crippen LogP) is 7.56. The Morgan fingerprint density at radius 1 is 1.10 bits per heavy atom. The lowest BCUT2D eigenvalue weighted by atomic mass is 10.00. The number of rotatable bonds is 12. The van der Waals surface area contributed by atoms with E-state index in [0.29, 0.717) is 23.8 Å². The van der Waals surface area contributed by atoms with Gasteiger partial charge in [-0.1, -0.05) is 67.6 Å². The summed E-state index contributed by atoms with van der Waals surface area (Å²) in [6.07, 6.45) is 9.81. The van der Waals surface area contributed by atoms with Crippen molar-refractivity contribution in [3.8, 4) is 0 Å². The van der Waals surface area contributed by atoms with E-state index in [1.807, 2.05) is 42.5 Å². The Bertz CT molecular complexity index is 1230. The fraction of sp³-hybridized carbons (Fsp3) is 0.364. The number of hydrogen-bond acceptors (Lipinski definition) is 4. The van der Waals surface area contributed by atoms with Gasteiger partial charge in [0.1, 0.15) is 5.82 Å². The summed E-state index contributed by atoms with van der Waals surface area (Å²) in [5.74, 6) is -0.308. The monoisotopic (exact) mass is 545 g/mol. The number of amides is 1. The number of nitrogens with two attached hydrogens (primary N) is 1. The van der Waals surface area contributed by atoms with Crippen molar-refractivity contribution < 1.29 is 9.18 Å². The molecule has 0 bridgehead atoms. The highest BCUT2D eigenvalue weighted by Gasteiger charge is 2.20. The molecule has 4 rings (SSSR count). The van der Waals surface area contributed by atoms with Gasteiger partial charge >= 0.3 is 0 Å². The van der Waals surface area contributed by atoms with Crippen LogP contribution < -0.4 is 11.1 Å². The molecule has 1 unspecified atom stereocenters. The molecule has 1 aliphatic heterocycles.